The zero-order valence-electron chi connectivity index (χ0n) is 10.2. The molecule has 1 aliphatic rings. The molecule has 0 amide bonds. The lowest BCUT2D eigenvalue weighted by Gasteiger charge is -2.18. The molecule has 17 heavy (non-hydrogen) atoms. The van der Waals surface area contributed by atoms with E-state index in [-0.39, 0.29) is 0 Å². The lowest BCUT2D eigenvalue weighted by Crippen LogP contribution is -2.21. The van der Waals surface area contributed by atoms with Crippen molar-refractivity contribution >= 4 is 11.8 Å². The van der Waals surface area contributed by atoms with Crippen LogP contribution in [0, 0.1) is 11.8 Å². The number of aliphatic hydroxyl groups excluding tert-OH is 1. The quantitative estimate of drug-likeness (QED) is 0.719. The molecule has 1 aromatic rings. The topological polar surface area (TPSA) is 70.1 Å². The molecule has 1 heterocycles. The number of rotatable bonds is 5. The van der Waals surface area contributed by atoms with E-state index in [0.717, 1.165) is 18.8 Å². The van der Waals surface area contributed by atoms with Gasteiger partial charge in [0.1, 0.15) is 5.82 Å². The monoisotopic (exact) mass is 236 g/mol. The summed E-state index contributed by atoms with van der Waals surface area (Å²) in [6.45, 7) is 1.18. The molecule has 1 aromatic heterocycles. The van der Waals surface area contributed by atoms with Gasteiger partial charge in [-0.15, -0.1) is 0 Å². The second-order valence-electron chi connectivity index (χ2n) is 4.53. The summed E-state index contributed by atoms with van der Waals surface area (Å²) in [5, 5.41) is 15.5. The van der Waals surface area contributed by atoms with E-state index in [1.165, 1.54) is 12.8 Å². The Balaban J connectivity index is 1.88. The van der Waals surface area contributed by atoms with Gasteiger partial charge in [-0.1, -0.05) is 6.42 Å². The van der Waals surface area contributed by atoms with E-state index < -0.39 is 0 Å². The molecule has 2 atom stereocenters. The maximum Gasteiger partial charge on any atom is 0.224 e. The molecular formula is C12H20N4O. The van der Waals surface area contributed by atoms with Gasteiger partial charge in [-0.3, -0.25) is 0 Å². The smallest absolute Gasteiger partial charge is 0.224 e. The van der Waals surface area contributed by atoms with E-state index in [1.807, 2.05) is 6.07 Å². The van der Waals surface area contributed by atoms with Crippen LogP contribution in [0.4, 0.5) is 11.8 Å². The summed E-state index contributed by atoms with van der Waals surface area (Å²) in [7, 11) is 1.80. The molecule has 1 aliphatic carbocycles. The lowest BCUT2D eigenvalue weighted by atomic mass is 9.97. The van der Waals surface area contributed by atoms with Crippen LogP contribution in [-0.4, -0.2) is 35.3 Å². The van der Waals surface area contributed by atoms with E-state index in [4.69, 9.17) is 0 Å². The van der Waals surface area contributed by atoms with Gasteiger partial charge < -0.3 is 15.7 Å². The highest BCUT2D eigenvalue weighted by molar-refractivity contribution is 5.39. The number of hydrogen-bond acceptors (Lipinski definition) is 5. The maximum absolute atomic E-state index is 9.25. The Morgan fingerprint density at radius 1 is 1.41 bits per heavy atom. The van der Waals surface area contributed by atoms with E-state index in [9.17, 15) is 5.11 Å². The van der Waals surface area contributed by atoms with Crippen LogP contribution in [0.25, 0.3) is 0 Å². The summed E-state index contributed by atoms with van der Waals surface area (Å²) in [5.41, 5.74) is 0. The van der Waals surface area contributed by atoms with Crippen LogP contribution in [0.15, 0.2) is 12.3 Å². The molecule has 0 saturated heterocycles. The SMILES string of the molecule is CNc1nccc(NCC2CCCC2CO)n1. The van der Waals surface area contributed by atoms with Crippen LogP contribution in [0.1, 0.15) is 19.3 Å². The van der Waals surface area contributed by atoms with Crippen LogP contribution in [0.5, 0.6) is 0 Å². The van der Waals surface area contributed by atoms with Crippen molar-refractivity contribution in [1.29, 1.82) is 0 Å². The zero-order chi connectivity index (χ0) is 12.1. The predicted molar refractivity (Wildman–Crippen MR) is 68.0 cm³/mol. The van der Waals surface area contributed by atoms with E-state index in [0.29, 0.717) is 24.4 Å². The molecule has 0 spiro atoms. The first-order valence-electron chi connectivity index (χ1n) is 6.19. The third kappa shape index (κ3) is 3.06. The van der Waals surface area contributed by atoms with Gasteiger partial charge in [-0.2, -0.15) is 4.98 Å². The van der Waals surface area contributed by atoms with Gasteiger partial charge in [0.25, 0.3) is 0 Å². The predicted octanol–water partition coefficient (Wildman–Crippen LogP) is 1.34. The third-order valence-electron chi connectivity index (χ3n) is 3.48. The fraction of sp³-hybridized carbons (Fsp3) is 0.667. The summed E-state index contributed by atoms with van der Waals surface area (Å²) in [4.78, 5) is 8.37. The average Bonchev–Trinajstić information content (AvgIpc) is 2.84. The van der Waals surface area contributed by atoms with Crippen molar-refractivity contribution in [2.45, 2.75) is 19.3 Å². The number of anilines is 2. The van der Waals surface area contributed by atoms with Crippen LogP contribution in [-0.2, 0) is 0 Å². The minimum atomic E-state index is 0.303. The summed E-state index contributed by atoms with van der Waals surface area (Å²) in [5.74, 6) is 2.48. The molecule has 2 unspecified atom stereocenters. The number of nitrogens with one attached hydrogen (secondary N) is 2. The minimum absolute atomic E-state index is 0.303. The number of nitrogens with zero attached hydrogens (tertiary/aromatic N) is 2. The van der Waals surface area contributed by atoms with E-state index >= 15 is 0 Å². The highest BCUT2D eigenvalue weighted by Crippen LogP contribution is 2.31. The molecule has 5 nitrogen and oxygen atoms in total. The maximum atomic E-state index is 9.25. The molecule has 1 saturated carbocycles. The Bertz CT molecular complexity index is 358. The van der Waals surface area contributed by atoms with Crippen LogP contribution in [0.2, 0.25) is 0 Å². The highest BCUT2D eigenvalue weighted by atomic mass is 16.3. The Labute approximate surface area is 102 Å². The summed E-state index contributed by atoms with van der Waals surface area (Å²) in [6, 6.07) is 1.86. The molecule has 0 radical (unpaired) electrons. The molecule has 94 valence electrons. The second kappa shape index (κ2) is 5.82. The molecule has 3 N–H and O–H groups in total. The number of hydrogen-bond donors (Lipinski definition) is 3. The van der Waals surface area contributed by atoms with Gasteiger partial charge in [0.05, 0.1) is 0 Å². The Hall–Kier alpha value is -1.36. The largest absolute Gasteiger partial charge is 0.396 e. The summed E-state index contributed by atoms with van der Waals surface area (Å²) in [6.07, 6.45) is 5.30. The van der Waals surface area contributed by atoms with Gasteiger partial charge >= 0.3 is 0 Å². The highest BCUT2D eigenvalue weighted by Gasteiger charge is 2.26. The first kappa shape index (κ1) is 12.1. The van der Waals surface area contributed by atoms with Gasteiger partial charge in [-0.05, 0) is 30.7 Å². The van der Waals surface area contributed by atoms with Crippen LogP contribution < -0.4 is 10.6 Å². The Morgan fingerprint density at radius 3 is 3.00 bits per heavy atom. The molecule has 1 fully saturated rings. The third-order valence-corrected chi connectivity index (χ3v) is 3.48. The Morgan fingerprint density at radius 2 is 2.24 bits per heavy atom. The second-order valence-corrected chi connectivity index (χ2v) is 4.53. The molecular weight excluding hydrogens is 216 g/mol. The van der Waals surface area contributed by atoms with Crippen LogP contribution in [0.3, 0.4) is 0 Å². The van der Waals surface area contributed by atoms with Crippen molar-refractivity contribution in [3.8, 4) is 0 Å². The van der Waals surface area contributed by atoms with Crippen molar-refractivity contribution in [2.75, 3.05) is 30.8 Å². The molecule has 5 heteroatoms. The van der Waals surface area contributed by atoms with Crippen molar-refractivity contribution in [1.82, 2.24) is 9.97 Å². The molecule has 0 aromatic carbocycles. The van der Waals surface area contributed by atoms with Gasteiger partial charge in [0.2, 0.25) is 5.95 Å². The fourth-order valence-corrected chi connectivity index (χ4v) is 2.44. The molecule has 2 rings (SSSR count). The summed E-state index contributed by atoms with van der Waals surface area (Å²) < 4.78 is 0. The van der Waals surface area contributed by atoms with Crippen molar-refractivity contribution < 1.29 is 5.11 Å². The van der Waals surface area contributed by atoms with Crippen molar-refractivity contribution in [3.05, 3.63) is 12.3 Å². The molecule has 0 aliphatic heterocycles. The average molecular weight is 236 g/mol. The van der Waals surface area contributed by atoms with Crippen molar-refractivity contribution in [2.24, 2.45) is 11.8 Å². The Kier molecular flexibility index (Phi) is 4.14. The summed E-state index contributed by atoms with van der Waals surface area (Å²) >= 11 is 0. The van der Waals surface area contributed by atoms with Gasteiger partial charge in [0.15, 0.2) is 0 Å². The van der Waals surface area contributed by atoms with Crippen molar-refractivity contribution in [3.63, 3.8) is 0 Å². The minimum Gasteiger partial charge on any atom is -0.396 e. The number of aromatic nitrogens is 2. The van der Waals surface area contributed by atoms with Gasteiger partial charge in [0, 0.05) is 26.4 Å². The van der Waals surface area contributed by atoms with Crippen LogP contribution >= 0.6 is 0 Å². The number of aliphatic hydroxyl groups is 1. The van der Waals surface area contributed by atoms with E-state index in [1.54, 1.807) is 13.2 Å². The first-order chi connectivity index (χ1) is 8.33. The van der Waals surface area contributed by atoms with Gasteiger partial charge in [-0.25, -0.2) is 4.98 Å². The fourth-order valence-electron chi connectivity index (χ4n) is 2.44. The molecule has 0 bridgehead atoms. The normalized spacial score (nSPS) is 23.6. The zero-order valence-corrected chi connectivity index (χ0v) is 10.2. The van der Waals surface area contributed by atoms with E-state index in [2.05, 4.69) is 20.6 Å². The lowest BCUT2D eigenvalue weighted by molar-refractivity contribution is 0.199. The first-order valence-corrected chi connectivity index (χ1v) is 6.19. The standard InChI is InChI=1S/C12H20N4O/c1-13-12-14-6-5-11(16-12)15-7-9-3-2-4-10(9)8-17/h5-6,9-10,17H,2-4,7-8H2,1H3,(H2,13,14,15,16).